The summed E-state index contributed by atoms with van der Waals surface area (Å²) in [5, 5.41) is 0. The summed E-state index contributed by atoms with van der Waals surface area (Å²) in [6, 6.07) is 74.4. The minimum absolute atomic E-state index is 0.179. The lowest BCUT2D eigenvalue weighted by molar-refractivity contribution is 0.581. The van der Waals surface area contributed by atoms with Crippen molar-refractivity contribution >= 4 is 34.5 Å². The molecule has 2 aliphatic carbocycles. The van der Waals surface area contributed by atoms with Crippen LogP contribution in [-0.2, 0) is 10.8 Å². The minimum Gasteiger partial charge on any atom is -0.422 e. The summed E-state index contributed by atoms with van der Waals surface area (Å²) in [4.78, 5) is 4.65. The molecule has 0 amide bonds. The van der Waals surface area contributed by atoms with E-state index in [9.17, 15) is 0 Å². The summed E-state index contributed by atoms with van der Waals surface area (Å²) in [6.07, 6.45) is 0. The number of para-hydroxylation sites is 2. The average molecular weight is 787 g/mol. The Morgan fingerprint density at radius 3 is 1.03 bits per heavy atom. The number of rotatable bonds is 8. The Balaban J connectivity index is 1.21. The molecular weight excluding hydrogens is 741 g/mol. The summed E-state index contributed by atoms with van der Waals surface area (Å²) in [5.74, 6) is 1.49. The molecule has 0 N–H and O–H groups in total. The first-order valence-electron chi connectivity index (χ1n) is 21.3. The van der Waals surface area contributed by atoms with Gasteiger partial charge in [-0.25, -0.2) is 0 Å². The van der Waals surface area contributed by atoms with Crippen LogP contribution in [0.1, 0.15) is 49.9 Å². The summed E-state index contributed by atoms with van der Waals surface area (Å²) >= 11 is 0. The van der Waals surface area contributed by atoms with Crippen molar-refractivity contribution in [3.8, 4) is 44.5 Å². The van der Waals surface area contributed by atoms with Gasteiger partial charge in [0.1, 0.15) is 0 Å². The monoisotopic (exact) mass is 786 g/mol. The normalized spacial score (nSPS) is 13.8. The smallest absolute Gasteiger partial charge is 0.215 e. The number of fused-ring (bicyclic) bond motifs is 6. The fourth-order valence-electron chi connectivity index (χ4n) is 10.1. The van der Waals surface area contributed by atoms with Gasteiger partial charge in [-0.2, -0.15) is 0 Å². The predicted molar refractivity (Wildman–Crippen MR) is 254 cm³/mol. The van der Waals surface area contributed by atoms with E-state index in [1.807, 2.05) is 0 Å². The van der Waals surface area contributed by atoms with Gasteiger partial charge in [0.15, 0.2) is 0 Å². The van der Waals surface area contributed by atoms with Gasteiger partial charge in [0, 0.05) is 33.6 Å². The largest absolute Gasteiger partial charge is 0.422 e. The zero-order valence-electron chi connectivity index (χ0n) is 34.9. The van der Waals surface area contributed by atoms with Crippen LogP contribution in [0.15, 0.2) is 211 Å². The van der Waals surface area contributed by atoms with Crippen molar-refractivity contribution < 1.29 is 4.42 Å². The molecule has 0 aliphatic heterocycles. The molecule has 294 valence electrons. The van der Waals surface area contributed by atoms with Crippen molar-refractivity contribution in [3.63, 3.8) is 0 Å². The van der Waals surface area contributed by atoms with Gasteiger partial charge < -0.3 is 4.42 Å². The Labute approximate surface area is 358 Å². The molecule has 8 aromatic carbocycles. The fourth-order valence-corrected chi connectivity index (χ4v) is 10.1. The molecule has 3 nitrogen and oxygen atoms in total. The molecule has 0 bridgehead atoms. The lowest BCUT2D eigenvalue weighted by atomic mass is 9.82. The molecule has 0 atom stereocenters. The highest BCUT2D eigenvalue weighted by Gasteiger charge is 2.39. The first kappa shape index (κ1) is 36.7. The average Bonchev–Trinajstić information content (AvgIpc) is 3.88. The Morgan fingerprint density at radius 1 is 0.311 bits per heavy atom. The van der Waals surface area contributed by atoms with Gasteiger partial charge in [0.05, 0.1) is 11.1 Å². The van der Waals surface area contributed by atoms with Crippen LogP contribution in [0.2, 0.25) is 0 Å². The number of benzene rings is 8. The van der Waals surface area contributed by atoms with E-state index in [2.05, 4.69) is 244 Å². The van der Waals surface area contributed by atoms with Crippen molar-refractivity contribution in [2.75, 3.05) is 9.80 Å². The zero-order valence-corrected chi connectivity index (χ0v) is 34.9. The van der Waals surface area contributed by atoms with Crippen molar-refractivity contribution in [1.82, 2.24) is 0 Å². The highest BCUT2D eigenvalue weighted by atomic mass is 16.4. The topological polar surface area (TPSA) is 19.6 Å². The van der Waals surface area contributed by atoms with Gasteiger partial charge in [-0.05, 0) is 104 Å². The van der Waals surface area contributed by atoms with Crippen LogP contribution in [0, 0.1) is 0 Å². The minimum atomic E-state index is -0.179. The van der Waals surface area contributed by atoms with Crippen molar-refractivity contribution in [1.29, 1.82) is 0 Å². The second-order valence-electron chi connectivity index (χ2n) is 17.3. The molecule has 0 saturated heterocycles. The third-order valence-electron chi connectivity index (χ3n) is 13.1. The molecule has 61 heavy (non-hydrogen) atoms. The third kappa shape index (κ3) is 5.79. The van der Waals surface area contributed by atoms with Gasteiger partial charge >= 0.3 is 0 Å². The second kappa shape index (κ2) is 14.1. The highest BCUT2D eigenvalue weighted by Crippen LogP contribution is 2.57. The van der Waals surface area contributed by atoms with E-state index in [4.69, 9.17) is 4.42 Å². The summed E-state index contributed by atoms with van der Waals surface area (Å²) in [7, 11) is 0. The third-order valence-corrected chi connectivity index (χ3v) is 13.1. The van der Waals surface area contributed by atoms with Crippen LogP contribution in [0.25, 0.3) is 44.5 Å². The molecule has 1 aromatic heterocycles. The molecule has 1 heterocycles. The number of furan rings is 1. The maximum absolute atomic E-state index is 7.71. The second-order valence-corrected chi connectivity index (χ2v) is 17.3. The maximum atomic E-state index is 7.71. The predicted octanol–water partition coefficient (Wildman–Crippen LogP) is 16.2. The lowest BCUT2D eigenvalue weighted by Gasteiger charge is -2.28. The van der Waals surface area contributed by atoms with Gasteiger partial charge in [0.25, 0.3) is 0 Å². The summed E-state index contributed by atoms with van der Waals surface area (Å²) in [6.45, 7) is 9.37. The molecule has 0 fully saturated rings. The number of hydrogen-bond donors (Lipinski definition) is 0. The molecule has 0 unspecified atom stereocenters. The maximum Gasteiger partial charge on any atom is 0.215 e. The Hall–Kier alpha value is -7.36. The standard InChI is InChI=1S/C58H46N2O/c1-57(2)49-31-19-17-29-45(49)47-35-33-43(37-51(47)57)59(41-25-13-7-14-26-41)55-53(39-21-9-5-10-22-39)54(40-23-11-6-12-24-40)56(61-55)60(42-27-15-8-16-28-42)44-34-36-48-46-30-18-20-32-50(46)58(3,4)52(48)38-44/h5-38H,1-4H3. The molecular formula is C58H46N2O. The van der Waals surface area contributed by atoms with E-state index in [0.717, 1.165) is 56.8 Å². The van der Waals surface area contributed by atoms with E-state index in [-0.39, 0.29) is 10.8 Å². The molecule has 3 heteroatoms. The van der Waals surface area contributed by atoms with Crippen LogP contribution in [0.4, 0.5) is 34.5 Å². The first-order valence-corrected chi connectivity index (χ1v) is 21.3. The van der Waals surface area contributed by atoms with Crippen LogP contribution in [0.5, 0.6) is 0 Å². The molecule has 9 aromatic rings. The Morgan fingerprint density at radius 2 is 0.639 bits per heavy atom. The molecule has 0 spiro atoms. The molecule has 2 aliphatic rings. The zero-order chi connectivity index (χ0) is 41.3. The number of anilines is 6. The fraction of sp³-hybridized carbons (Fsp3) is 0.103. The SMILES string of the molecule is CC1(C)c2ccccc2-c2ccc(N(c3ccccc3)c3oc(N(c4ccccc4)c4ccc5c(c4)C(C)(C)c4ccccc4-5)c(-c4ccccc4)c3-c3ccccc3)cc21. The molecule has 11 rings (SSSR count). The van der Waals surface area contributed by atoms with Gasteiger partial charge in [0.2, 0.25) is 11.8 Å². The van der Waals surface area contributed by atoms with Crippen molar-refractivity contribution in [3.05, 3.63) is 229 Å². The van der Waals surface area contributed by atoms with Crippen molar-refractivity contribution in [2.24, 2.45) is 0 Å². The molecule has 0 saturated carbocycles. The van der Waals surface area contributed by atoms with Crippen LogP contribution < -0.4 is 9.80 Å². The van der Waals surface area contributed by atoms with E-state index in [1.165, 1.54) is 44.5 Å². The molecule has 0 radical (unpaired) electrons. The van der Waals surface area contributed by atoms with Gasteiger partial charge in [-0.1, -0.05) is 185 Å². The van der Waals surface area contributed by atoms with Crippen LogP contribution >= 0.6 is 0 Å². The lowest BCUT2D eigenvalue weighted by Crippen LogP contribution is -2.17. The highest BCUT2D eigenvalue weighted by molar-refractivity contribution is 6.02. The van der Waals surface area contributed by atoms with E-state index in [0.29, 0.717) is 0 Å². The number of hydrogen-bond acceptors (Lipinski definition) is 3. The van der Waals surface area contributed by atoms with Crippen LogP contribution in [0.3, 0.4) is 0 Å². The quantitative estimate of drug-likeness (QED) is 0.153. The van der Waals surface area contributed by atoms with Gasteiger partial charge in [-0.15, -0.1) is 0 Å². The van der Waals surface area contributed by atoms with E-state index in [1.54, 1.807) is 0 Å². The Kier molecular flexibility index (Phi) is 8.51. The Bertz CT molecular complexity index is 2860. The summed E-state index contributed by atoms with van der Waals surface area (Å²) < 4.78 is 7.71. The summed E-state index contributed by atoms with van der Waals surface area (Å²) in [5.41, 5.74) is 18.4. The van der Waals surface area contributed by atoms with Crippen molar-refractivity contribution in [2.45, 2.75) is 38.5 Å². The van der Waals surface area contributed by atoms with E-state index < -0.39 is 0 Å². The van der Waals surface area contributed by atoms with E-state index >= 15 is 0 Å². The number of nitrogens with zero attached hydrogens (tertiary/aromatic N) is 2. The van der Waals surface area contributed by atoms with Crippen LogP contribution in [-0.4, -0.2) is 0 Å². The first-order chi connectivity index (χ1) is 29.8. The van der Waals surface area contributed by atoms with Gasteiger partial charge in [-0.3, -0.25) is 9.80 Å².